The molecule has 5 heteroatoms. The normalized spacial score (nSPS) is 11.1. The van der Waals surface area contributed by atoms with E-state index < -0.39 is 0 Å². The minimum Gasteiger partial charge on any atom is -0.283 e. The van der Waals surface area contributed by atoms with E-state index in [4.69, 9.17) is 16.6 Å². The lowest BCUT2D eigenvalue weighted by molar-refractivity contribution is 0.658. The van der Waals surface area contributed by atoms with Gasteiger partial charge in [0.1, 0.15) is 0 Å². The van der Waals surface area contributed by atoms with Crippen molar-refractivity contribution >= 4 is 34.3 Å². The number of fused-ring (bicyclic) bond motifs is 1. The Morgan fingerprint density at radius 3 is 2.54 bits per heavy atom. The number of hydrogen-bond acceptors (Lipinski definition) is 3. The Bertz CT molecular complexity index is 1190. The van der Waals surface area contributed by atoms with Crippen LogP contribution >= 0.6 is 23.4 Å². The molecule has 4 rings (SSSR count). The van der Waals surface area contributed by atoms with Crippen LogP contribution in [0.4, 0.5) is 0 Å². The first-order chi connectivity index (χ1) is 13.6. The fraction of sp³-hybridized carbons (Fsp3) is 0.130. The fourth-order valence-corrected chi connectivity index (χ4v) is 4.19. The molecule has 0 N–H and O–H groups in total. The summed E-state index contributed by atoms with van der Waals surface area (Å²) in [5.74, 6) is 0.757. The van der Waals surface area contributed by atoms with Gasteiger partial charge >= 0.3 is 0 Å². The Morgan fingerprint density at radius 2 is 1.75 bits per heavy atom. The van der Waals surface area contributed by atoms with Crippen LogP contribution in [0.1, 0.15) is 16.7 Å². The van der Waals surface area contributed by atoms with Crippen LogP contribution < -0.4 is 5.56 Å². The average Bonchev–Trinajstić information content (AvgIpc) is 2.70. The summed E-state index contributed by atoms with van der Waals surface area (Å²) in [7, 11) is 0. The minimum atomic E-state index is -0.0210. The molecule has 0 amide bonds. The molecular formula is C23H19ClN2OS. The van der Waals surface area contributed by atoms with Gasteiger partial charge in [-0.3, -0.25) is 9.36 Å². The summed E-state index contributed by atoms with van der Waals surface area (Å²) in [4.78, 5) is 18.0. The molecular weight excluding hydrogens is 388 g/mol. The fourth-order valence-electron chi connectivity index (χ4n) is 3.12. The molecule has 3 aromatic carbocycles. The molecule has 0 saturated carbocycles. The number of hydrogen-bond donors (Lipinski definition) is 0. The topological polar surface area (TPSA) is 34.9 Å². The van der Waals surface area contributed by atoms with Gasteiger partial charge < -0.3 is 0 Å². The van der Waals surface area contributed by atoms with Gasteiger partial charge in [0, 0.05) is 10.8 Å². The van der Waals surface area contributed by atoms with Crippen molar-refractivity contribution in [1.29, 1.82) is 0 Å². The summed E-state index contributed by atoms with van der Waals surface area (Å²) in [5, 5.41) is 2.04. The number of aryl methyl sites for hydroxylation is 1. The number of halogens is 1. The Labute approximate surface area is 173 Å². The smallest absolute Gasteiger partial charge is 0.262 e. The highest BCUT2D eigenvalue weighted by molar-refractivity contribution is 7.98. The van der Waals surface area contributed by atoms with E-state index in [-0.39, 0.29) is 5.56 Å². The predicted octanol–water partition coefficient (Wildman–Crippen LogP) is 5.70. The largest absolute Gasteiger partial charge is 0.283 e. The van der Waals surface area contributed by atoms with Crippen molar-refractivity contribution in [3.8, 4) is 0 Å². The van der Waals surface area contributed by atoms with Crippen molar-refractivity contribution in [3.63, 3.8) is 0 Å². The second kappa shape index (κ2) is 8.21. The first-order valence-electron chi connectivity index (χ1n) is 9.02. The molecule has 1 aromatic heterocycles. The van der Waals surface area contributed by atoms with Crippen molar-refractivity contribution in [2.75, 3.05) is 0 Å². The first kappa shape index (κ1) is 18.8. The standard InChI is InChI=1S/C23H19ClN2OS/c1-16-5-4-6-18(13-16)15-28-23-25-21-8-3-2-7-20(21)22(27)26(23)14-17-9-11-19(24)12-10-17/h2-13H,14-15H2,1H3. The lowest BCUT2D eigenvalue weighted by atomic mass is 10.2. The maximum absolute atomic E-state index is 13.2. The summed E-state index contributed by atoms with van der Waals surface area (Å²) in [6, 6.07) is 23.5. The quantitative estimate of drug-likeness (QED) is 0.315. The molecule has 4 aromatic rings. The molecule has 1 heterocycles. The van der Waals surface area contributed by atoms with Crippen molar-refractivity contribution < 1.29 is 0 Å². The van der Waals surface area contributed by atoms with E-state index in [9.17, 15) is 4.79 Å². The third kappa shape index (κ3) is 4.13. The Kier molecular flexibility index (Phi) is 5.51. The molecule has 0 aliphatic rings. The number of nitrogens with zero attached hydrogens (tertiary/aromatic N) is 2. The van der Waals surface area contributed by atoms with E-state index >= 15 is 0 Å². The van der Waals surface area contributed by atoms with Crippen LogP contribution in [0.25, 0.3) is 10.9 Å². The van der Waals surface area contributed by atoms with Gasteiger partial charge in [0.15, 0.2) is 5.16 Å². The third-order valence-electron chi connectivity index (χ3n) is 4.53. The molecule has 140 valence electrons. The summed E-state index contributed by atoms with van der Waals surface area (Å²) < 4.78 is 1.76. The van der Waals surface area contributed by atoms with Gasteiger partial charge in [-0.25, -0.2) is 4.98 Å². The summed E-state index contributed by atoms with van der Waals surface area (Å²) in [6.07, 6.45) is 0. The highest BCUT2D eigenvalue weighted by atomic mass is 35.5. The van der Waals surface area contributed by atoms with E-state index in [0.29, 0.717) is 17.0 Å². The maximum atomic E-state index is 13.2. The second-order valence-electron chi connectivity index (χ2n) is 6.71. The molecule has 0 aliphatic carbocycles. The number of rotatable bonds is 5. The van der Waals surface area contributed by atoms with Crippen LogP contribution in [0.3, 0.4) is 0 Å². The van der Waals surface area contributed by atoms with Gasteiger partial charge in [-0.05, 0) is 42.3 Å². The van der Waals surface area contributed by atoms with E-state index in [1.165, 1.54) is 11.1 Å². The van der Waals surface area contributed by atoms with Gasteiger partial charge in [-0.15, -0.1) is 0 Å². The third-order valence-corrected chi connectivity index (χ3v) is 5.83. The number of aromatic nitrogens is 2. The molecule has 3 nitrogen and oxygen atoms in total. The molecule has 0 spiro atoms. The monoisotopic (exact) mass is 406 g/mol. The van der Waals surface area contributed by atoms with Gasteiger partial charge in [0.05, 0.1) is 17.4 Å². The number of thioether (sulfide) groups is 1. The Morgan fingerprint density at radius 1 is 0.964 bits per heavy atom. The van der Waals surface area contributed by atoms with Crippen molar-refractivity contribution in [3.05, 3.63) is 105 Å². The van der Waals surface area contributed by atoms with Crippen molar-refractivity contribution in [1.82, 2.24) is 9.55 Å². The number of benzene rings is 3. The lowest BCUT2D eigenvalue weighted by Gasteiger charge is -2.13. The Balaban J connectivity index is 1.74. The molecule has 0 fully saturated rings. The minimum absolute atomic E-state index is 0.0210. The molecule has 0 unspecified atom stereocenters. The van der Waals surface area contributed by atoms with Crippen molar-refractivity contribution in [2.24, 2.45) is 0 Å². The van der Waals surface area contributed by atoms with Crippen LogP contribution in [0.5, 0.6) is 0 Å². The molecule has 0 atom stereocenters. The van der Waals surface area contributed by atoms with Gasteiger partial charge in [0.25, 0.3) is 5.56 Å². The lowest BCUT2D eigenvalue weighted by Crippen LogP contribution is -2.24. The number of para-hydroxylation sites is 1. The van der Waals surface area contributed by atoms with Gasteiger partial charge in [0.2, 0.25) is 0 Å². The van der Waals surface area contributed by atoms with Crippen LogP contribution in [-0.4, -0.2) is 9.55 Å². The van der Waals surface area contributed by atoms with Crippen LogP contribution in [-0.2, 0) is 12.3 Å². The SMILES string of the molecule is Cc1cccc(CSc2nc3ccccc3c(=O)n2Cc2ccc(Cl)cc2)c1. The first-order valence-corrected chi connectivity index (χ1v) is 10.4. The van der Waals surface area contributed by atoms with E-state index in [0.717, 1.165) is 22.0 Å². The zero-order valence-corrected chi connectivity index (χ0v) is 17.0. The average molecular weight is 407 g/mol. The highest BCUT2D eigenvalue weighted by Crippen LogP contribution is 2.23. The molecule has 0 aliphatic heterocycles. The highest BCUT2D eigenvalue weighted by Gasteiger charge is 2.12. The van der Waals surface area contributed by atoms with Crippen LogP contribution in [0.2, 0.25) is 5.02 Å². The zero-order valence-electron chi connectivity index (χ0n) is 15.4. The predicted molar refractivity (Wildman–Crippen MR) is 117 cm³/mol. The Hall–Kier alpha value is -2.56. The molecule has 28 heavy (non-hydrogen) atoms. The second-order valence-corrected chi connectivity index (χ2v) is 8.09. The summed E-state index contributed by atoms with van der Waals surface area (Å²) in [5.41, 5.74) is 4.16. The van der Waals surface area contributed by atoms with E-state index in [1.807, 2.05) is 48.5 Å². The summed E-state index contributed by atoms with van der Waals surface area (Å²) in [6.45, 7) is 2.54. The van der Waals surface area contributed by atoms with Crippen LogP contribution in [0, 0.1) is 6.92 Å². The van der Waals surface area contributed by atoms with E-state index in [2.05, 4.69) is 31.2 Å². The van der Waals surface area contributed by atoms with E-state index in [1.54, 1.807) is 16.3 Å². The molecule has 0 radical (unpaired) electrons. The van der Waals surface area contributed by atoms with Crippen LogP contribution in [0.15, 0.2) is 82.7 Å². The summed E-state index contributed by atoms with van der Waals surface area (Å²) >= 11 is 7.59. The maximum Gasteiger partial charge on any atom is 0.262 e. The van der Waals surface area contributed by atoms with Gasteiger partial charge in [-0.2, -0.15) is 0 Å². The molecule has 0 bridgehead atoms. The van der Waals surface area contributed by atoms with Crippen molar-refractivity contribution in [2.45, 2.75) is 24.4 Å². The van der Waals surface area contributed by atoms with Gasteiger partial charge in [-0.1, -0.05) is 77.5 Å². The molecule has 0 saturated heterocycles. The zero-order chi connectivity index (χ0) is 19.5.